The maximum Gasteiger partial charge on any atom is 0.185 e. The summed E-state index contributed by atoms with van der Waals surface area (Å²) in [5, 5.41) is 8.50. The van der Waals surface area contributed by atoms with Crippen LogP contribution in [0, 0.1) is 5.82 Å². The van der Waals surface area contributed by atoms with Gasteiger partial charge in [-0.1, -0.05) is 12.1 Å². The molecule has 130 valence electrons. The molecule has 1 aromatic carbocycles. The van der Waals surface area contributed by atoms with Gasteiger partial charge in [-0.15, -0.1) is 11.3 Å². The van der Waals surface area contributed by atoms with E-state index < -0.39 is 0 Å². The van der Waals surface area contributed by atoms with Crippen molar-refractivity contribution in [2.75, 3.05) is 25.5 Å². The molecule has 1 aliphatic rings. The van der Waals surface area contributed by atoms with Crippen molar-refractivity contribution >= 4 is 16.5 Å². The van der Waals surface area contributed by atoms with E-state index in [9.17, 15) is 4.39 Å². The first kappa shape index (κ1) is 16.2. The van der Waals surface area contributed by atoms with Crippen LogP contribution < -0.4 is 4.90 Å². The molecule has 5 nitrogen and oxygen atoms in total. The lowest BCUT2D eigenvalue weighted by Crippen LogP contribution is -2.29. The number of benzene rings is 1. The summed E-state index contributed by atoms with van der Waals surface area (Å²) in [6.45, 7) is 2.58. The molecule has 4 rings (SSSR count). The van der Waals surface area contributed by atoms with Crippen molar-refractivity contribution < 1.29 is 4.39 Å². The number of anilines is 1. The first-order chi connectivity index (χ1) is 12.1. The van der Waals surface area contributed by atoms with Crippen LogP contribution in [0.1, 0.15) is 16.1 Å². The Bertz CT molecular complexity index is 885. The summed E-state index contributed by atoms with van der Waals surface area (Å²) >= 11 is 1.71. The van der Waals surface area contributed by atoms with E-state index in [0.717, 1.165) is 48.1 Å². The Morgan fingerprint density at radius 3 is 2.92 bits per heavy atom. The highest BCUT2D eigenvalue weighted by Crippen LogP contribution is 2.31. The number of aromatic nitrogens is 3. The summed E-state index contributed by atoms with van der Waals surface area (Å²) in [5.74, 6) is -0.230. The number of hydrogen-bond acceptors (Lipinski definition) is 5. The minimum absolute atomic E-state index is 0.230. The molecule has 0 bridgehead atoms. The molecule has 0 amide bonds. The zero-order valence-corrected chi connectivity index (χ0v) is 15.1. The van der Waals surface area contributed by atoms with Crippen LogP contribution in [0.25, 0.3) is 11.3 Å². The Kier molecular flexibility index (Phi) is 4.27. The van der Waals surface area contributed by atoms with Gasteiger partial charge in [-0.05, 0) is 12.1 Å². The van der Waals surface area contributed by atoms with Gasteiger partial charge in [0.1, 0.15) is 5.82 Å². The summed E-state index contributed by atoms with van der Waals surface area (Å²) in [7, 11) is 4.00. The molecule has 1 aliphatic heterocycles. The van der Waals surface area contributed by atoms with E-state index in [0.29, 0.717) is 5.56 Å². The molecule has 0 aliphatic carbocycles. The van der Waals surface area contributed by atoms with Crippen molar-refractivity contribution in [3.05, 3.63) is 52.4 Å². The zero-order valence-electron chi connectivity index (χ0n) is 14.3. The van der Waals surface area contributed by atoms with Gasteiger partial charge in [-0.25, -0.2) is 9.37 Å². The topological polar surface area (TPSA) is 48.1 Å². The van der Waals surface area contributed by atoms with Crippen molar-refractivity contribution in [3.63, 3.8) is 0 Å². The van der Waals surface area contributed by atoms with E-state index in [1.807, 2.05) is 31.3 Å². The molecule has 0 atom stereocenters. The number of nitrogens with zero attached hydrogens (tertiary/aromatic N) is 4. The van der Waals surface area contributed by atoms with E-state index in [2.05, 4.69) is 20.1 Å². The zero-order chi connectivity index (χ0) is 17.4. The fourth-order valence-corrected chi connectivity index (χ4v) is 4.03. The van der Waals surface area contributed by atoms with Crippen LogP contribution in [0.4, 0.5) is 9.52 Å². The molecule has 3 aromatic rings. The smallest absolute Gasteiger partial charge is 0.185 e. The average molecular weight is 357 g/mol. The Hall–Kier alpha value is -2.25. The Morgan fingerprint density at radius 2 is 2.16 bits per heavy atom. The van der Waals surface area contributed by atoms with Crippen LogP contribution in [0.2, 0.25) is 0 Å². The normalized spacial score (nSPS) is 14.5. The van der Waals surface area contributed by atoms with Crippen LogP contribution in [0.3, 0.4) is 0 Å². The van der Waals surface area contributed by atoms with Crippen molar-refractivity contribution in [1.29, 1.82) is 0 Å². The molecule has 1 N–H and O–H groups in total. The number of halogens is 1. The van der Waals surface area contributed by atoms with Gasteiger partial charge in [-0.3, -0.25) is 10.00 Å². The van der Waals surface area contributed by atoms with Gasteiger partial charge in [0, 0.05) is 68.0 Å². The van der Waals surface area contributed by atoms with Crippen molar-refractivity contribution in [2.45, 2.75) is 19.5 Å². The lowest BCUT2D eigenvalue weighted by Gasteiger charge is -2.26. The van der Waals surface area contributed by atoms with Crippen LogP contribution in [-0.4, -0.2) is 40.7 Å². The van der Waals surface area contributed by atoms with Gasteiger partial charge in [0.15, 0.2) is 5.13 Å². The number of nitrogens with one attached hydrogen (secondary N) is 1. The second kappa shape index (κ2) is 6.57. The highest BCUT2D eigenvalue weighted by molar-refractivity contribution is 7.15. The first-order valence-corrected chi connectivity index (χ1v) is 9.09. The number of fused-ring (bicyclic) bond motifs is 1. The third-order valence-electron chi connectivity index (χ3n) is 4.44. The maximum atomic E-state index is 14.2. The standard InChI is InChI=1S/C18H20FN5S/c1-23(2)18-20-9-12(25-18)10-24-8-7-16-14(11-24)17(22-21-16)13-5-3-4-6-15(13)19/h3-6,9H,7-8,10-11H2,1-2H3,(H,21,22). The summed E-state index contributed by atoms with van der Waals surface area (Å²) in [6, 6.07) is 6.82. The molecule has 3 heterocycles. The first-order valence-electron chi connectivity index (χ1n) is 8.27. The number of thiazole rings is 1. The Balaban J connectivity index is 1.56. The predicted octanol–water partition coefficient (Wildman–Crippen LogP) is 3.30. The summed E-state index contributed by atoms with van der Waals surface area (Å²) in [6.07, 6.45) is 2.85. The third kappa shape index (κ3) is 3.17. The average Bonchev–Trinajstić information content (AvgIpc) is 3.22. The third-order valence-corrected chi connectivity index (χ3v) is 5.59. The van der Waals surface area contributed by atoms with Crippen LogP contribution in [-0.2, 0) is 19.5 Å². The lowest BCUT2D eigenvalue weighted by atomic mass is 10.0. The second-order valence-corrected chi connectivity index (χ2v) is 7.57. The van der Waals surface area contributed by atoms with Gasteiger partial charge in [0.25, 0.3) is 0 Å². The maximum absolute atomic E-state index is 14.2. The highest BCUT2D eigenvalue weighted by Gasteiger charge is 2.24. The Morgan fingerprint density at radius 1 is 1.32 bits per heavy atom. The second-order valence-electron chi connectivity index (χ2n) is 6.47. The number of hydrogen-bond donors (Lipinski definition) is 1. The van der Waals surface area contributed by atoms with Crippen LogP contribution >= 0.6 is 11.3 Å². The Labute approximate surface area is 150 Å². The van der Waals surface area contributed by atoms with E-state index in [1.54, 1.807) is 23.5 Å². The largest absolute Gasteiger partial charge is 0.354 e. The monoisotopic (exact) mass is 357 g/mol. The summed E-state index contributed by atoms with van der Waals surface area (Å²) in [5.41, 5.74) is 3.52. The molecule has 0 saturated carbocycles. The molecule has 0 saturated heterocycles. The van der Waals surface area contributed by atoms with Gasteiger partial charge in [-0.2, -0.15) is 5.10 Å². The molecular formula is C18H20FN5S. The van der Waals surface area contributed by atoms with E-state index >= 15 is 0 Å². The van der Waals surface area contributed by atoms with Gasteiger partial charge in [0.05, 0.1) is 5.69 Å². The number of rotatable bonds is 4. The number of H-pyrrole nitrogens is 1. The fourth-order valence-electron chi connectivity index (χ4n) is 3.16. The van der Waals surface area contributed by atoms with Gasteiger partial charge >= 0.3 is 0 Å². The minimum atomic E-state index is -0.230. The van der Waals surface area contributed by atoms with Crippen molar-refractivity contribution in [1.82, 2.24) is 20.1 Å². The van der Waals surface area contributed by atoms with Crippen LogP contribution in [0.15, 0.2) is 30.5 Å². The minimum Gasteiger partial charge on any atom is -0.354 e. The molecule has 25 heavy (non-hydrogen) atoms. The number of aromatic amines is 1. The molecular weight excluding hydrogens is 337 g/mol. The quantitative estimate of drug-likeness (QED) is 0.778. The fraction of sp³-hybridized carbons (Fsp3) is 0.333. The molecule has 0 fully saturated rings. The van der Waals surface area contributed by atoms with Crippen molar-refractivity contribution in [2.24, 2.45) is 0 Å². The molecule has 7 heteroatoms. The molecule has 0 radical (unpaired) electrons. The highest BCUT2D eigenvalue weighted by atomic mass is 32.1. The summed E-state index contributed by atoms with van der Waals surface area (Å²) < 4.78 is 14.2. The van der Waals surface area contributed by atoms with E-state index in [4.69, 9.17) is 0 Å². The summed E-state index contributed by atoms with van der Waals surface area (Å²) in [4.78, 5) is 10.1. The lowest BCUT2D eigenvalue weighted by molar-refractivity contribution is 0.247. The molecule has 0 unspecified atom stereocenters. The van der Waals surface area contributed by atoms with Gasteiger partial charge < -0.3 is 4.90 Å². The van der Waals surface area contributed by atoms with Gasteiger partial charge in [0.2, 0.25) is 0 Å². The molecule has 0 spiro atoms. The van der Waals surface area contributed by atoms with Crippen molar-refractivity contribution in [3.8, 4) is 11.3 Å². The SMILES string of the molecule is CN(C)c1ncc(CN2CCc3[nH]nc(-c4ccccc4F)c3C2)s1. The molecule has 2 aromatic heterocycles. The predicted molar refractivity (Wildman–Crippen MR) is 98.2 cm³/mol. The van der Waals surface area contributed by atoms with E-state index in [1.165, 1.54) is 10.9 Å². The van der Waals surface area contributed by atoms with Crippen LogP contribution in [0.5, 0.6) is 0 Å². The van der Waals surface area contributed by atoms with E-state index in [-0.39, 0.29) is 5.82 Å².